The van der Waals surface area contributed by atoms with Gasteiger partial charge in [0.2, 0.25) is 5.91 Å². The Morgan fingerprint density at radius 1 is 1.05 bits per heavy atom. The van der Waals surface area contributed by atoms with Gasteiger partial charge in [0.15, 0.2) is 0 Å². The molecule has 1 aliphatic carbocycles. The zero-order valence-corrected chi connectivity index (χ0v) is 26.3. The molecule has 2 saturated heterocycles. The molecule has 2 aliphatic heterocycles. The summed E-state index contributed by atoms with van der Waals surface area (Å²) in [5, 5.41) is 0.777. The number of fused-ring (bicyclic) bond motifs is 2. The summed E-state index contributed by atoms with van der Waals surface area (Å²) in [4.78, 5) is 20.4. The molecule has 1 unspecified atom stereocenters. The van der Waals surface area contributed by atoms with E-state index < -0.39 is 0 Å². The molecule has 3 heterocycles. The number of aromatic nitrogens is 1. The maximum Gasteiger partial charge on any atom is 0.222 e. The summed E-state index contributed by atoms with van der Waals surface area (Å²) in [5.74, 6) is 2.76. The van der Waals surface area contributed by atoms with Crippen LogP contribution in [0.15, 0.2) is 33.3 Å². The highest BCUT2D eigenvalue weighted by Crippen LogP contribution is 2.46. The van der Waals surface area contributed by atoms with Crippen LogP contribution in [-0.2, 0) is 17.6 Å². The lowest BCUT2D eigenvalue weighted by Crippen LogP contribution is -2.41. The van der Waals surface area contributed by atoms with Crippen molar-refractivity contribution in [2.45, 2.75) is 64.2 Å². The summed E-state index contributed by atoms with van der Waals surface area (Å²) in [6.45, 7) is 6.16. The van der Waals surface area contributed by atoms with E-state index in [4.69, 9.17) is 16.6 Å². The second kappa shape index (κ2) is 12.7. The van der Waals surface area contributed by atoms with Gasteiger partial charge in [-0.05, 0) is 108 Å². The topological polar surface area (TPSA) is 36.4 Å². The Kier molecular flexibility index (Phi) is 9.60. The molecule has 8 heteroatoms. The third-order valence-electron chi connectivity index (χ3n) is 8.30. The Morgan fingerprint density at radius 2 is 1.78 bits per heavy atom. The van der Waals surface area contributed by atoms with Crippen molar-refractivity contribution >= 4 is 61.3 Å². The van der Waals surface area contributed by atoms with Gasteiger partial charge in [-0.15, -0.1) is 0 Å². The summed E-state index contributed by atoms with van der Waals surface area (Å²) in [7, 11) is 0. The lowest BCUT2D eigenvalue weighted by Gasteiger charge is -2.38. The third kappa shape index (κ3) is 6.59. The highest BCUT2D eigenvalue weighted by molar-refractivity contribution is 9.10. The number of halogens is 3. The van der Waals surface area contributed by atoms with E-state index in [0.717, 1.165) is 78.7 Å². The summed E-state index contributed by atoms with van der Waals surface area (Å²) < 4.78 is 4.61. The minimum Gasteiger partial charge on any atom is -0.343 e. The highest BCUT2D eigenvalue weighted by Gasteiger charge is 2.36. The van der Waals surface area contributed by atoms with Gasteiger partial charge in [0.25, 0.3) is 0 Å². The van der Waals surface area contributed by atoms with E-state index in [1.165, 1.54) is 34.6 Å². The number of hydrogen-bond acceptors (Lipinski definition) is 4. The molecule has 0 N–H and O–H groups in total. The first-order valence-corrected chi connectivity index (χ1v) is 16.6. The van der Waals surface area contributed by atoms with Crippen LogP contribution in [0.2, 0.25) is 5.02 Å². The predicted octanol–water partition coefficient (Wildman–Crippen LogP) is 7.89. The maximum atomic E-state index is 13.3. The number of amides is 1. The van der Waals surface area contributed by atoms with Crippen LogP contribution in [0.4, 0.5) is 0 Å². The second-order valence-corrected chi connectivity index (χ2v) is 14.2. The van der Waals surface area contributed by atoms with Gasteiger partial charge in [-0.2, -0.15) is 0 Å². The summed E-state index contributed by atoms with van der Waals surface area (Å²) in [6.07, 6.45) is 10.1. The fraction of sp³-hybridized carbons (Fsp3) is 0.586. The number of aryl methyl sites for hydroxylation is 2. The molecule has 2 aromatic rings. The van der Waals surface area contributed by atoms with E-state index in [1.54, 1.807) is 0 Å². The standard InChI is InChI=1S/C29H36Br2ClN3OS/c1-2-13-37-35-11-5-19(6-12-35)14-26(36)34-9-7-20(8-10-34)28-27-21(16-24(32)17-25(27)31)3-4-22-15-23(30)18-33-29(22)28/h15-20,28H,2-14H2,1H3. The number of carbonyl (C=O) groups is 1. The Hall–Kier alpha value is -0.600. The van der Waals surface area contributed by atoms with E-state index >= 15 is 0 Å². The minimum absolute atomic E-state index is 0.217. The molecule has 0 radical (unpaired) electrons. The van der Waals surface area contributed by atoms with Gasteiger partial charge in [0.1, 0.15) is 0 Å². The SMILES string of the molecule is CCCSN1CCC(CC(=O)N2CCC(C3c4ncc(Br)cc4CCc4cc(Cl)cc(Br)c43)CC2)CC1. The molecule has 37 heavy (non-hydrogen) atoms. The zero-order chi connectivity index (χ0) is 25.9. The Bertz CT molecular complexity index is 1120. The number of hydrogen-bond donors (Lipinski definition) is 0. The maximum absolute atomic E-state index is 13.3. The fourth-order valence-corrected chi connectivity index (χ4v) is 8.76. The molecule has 0 spiro atoms. The van der Waals surface area contributed by atoms with Gasteiger partial charge in [-0.25, -0.2) is 0 Å². The van der Waals surface area contributed by atoms with Crippen molar-refractivity contribution in [3.63, 3.8) is 0 Å². The molecule has 3 aliphatic rings. The van der Waals surface area contributed by atoms with Crippen LogP contribution >= 0.6 is 55.4 Å². The quantitative estimate of drug-likeness (QED) is 0.293. The Morgan fingerprint density at radius 3 is 2.51 bits per heavy atom. The molecular formula is C29H36Br2ClN3OS. The van der Waals surface area contributed by atoms with Crippen molar-refractivity contribution in [2.24, 2.45) is 11.8 Å². The number of piperidine rings is 2. The van der Waals surface area contributed by atoms with Gasteiger partial charge >= 0.3 is 0 Å². The molecule has 5 rings (SSSR count). The number of likely N-dealkylation sites (tertiary alicyclic amines) is 1. The molecule has 2 fully saturated rings. The van der Waals surface area contributed by atoms with Crippen LogP contribution in [-0.4, -0.2) is 52.0 Å². The monoisotopic (exact) mass is 667 g/mol. The number of pyridine rings is 1. The third-order valence-corrected chi connectivity index (χ3v) is 10.9. The first kappa shape index (κ1) is 27.9. The molecule has 1 atom stereocenters. The number of rotatable bonds is 6. The number of benzene rings is 1. The summed E-state index contributed by atoms with van der Waals surface area (Å²) in [5.41, 5.74) is 5.18. The van der Waals surface area contributed by atoms with E-state index in [2.05, 4.69) is 60.1 Å². The Balaban J connectivity index is 1.26. The minimum atomic E-state index is 0.217. The average molecular weight is 670 g/mol. The van der Waals surface area contributed by atoms with Gasteiger partial charge in [0.05, 0.1) is 5.69 Å². The van der Waals surface area contributed by atoms with Gasteiger partial charge in [0, 0.05) is 64.4 Å². The largest absolute Gasteiger partial charge is 0.343 e. The number of carbonyl (C=O) groups excluding carboxylic acids is 1. The molecule has 0 saturated carbocycles. The van der Waals surface area contributed by atoms with Crippen molar-refractivity contribution in [3.05, 3.63) is 60.7 Å². The van der Waals surface area contributed by atoms with Gasteiger partial charge in [-0.3, -0.25) is 14.1 Å². The van der Waals surface area contributed by atoms with Crippen LogP contribution in [0.1, 0.15) is 73.8 Å². The Labute approximate surface area is 247 Å². The van der Waals surface area contributed by atoms with E-state index in [1.807, 2.05) is 24.2 Å². The van der Waals surface area contributed by atoms with Crippen LogP contribution in [0, 0.1) is 11.8 Å². The lowest BCUT2D eigenvalue weighted by atomic mass is 9.76. The lowest BCUT2D eigenvalue weighted by molar-refractivity contribution is -0.133. The molecule has 1 aromatic heterocycles. The van der Waals surface area contributed by atoms with Gasteiger partial charge < -0.3 is 4.90 Å². The smallest absolute Gasteiger partial charge is 0.222 e. The molecule has 200 valence electrons. The molecule has 1 amide bonds. The van der Waals surface area contributed by atoms with E-state index in [0.29, 0.717) is 24.2 Å². The first-order valence-electron chi connectivity index (χ1n) is 13.7. The molecule has 1 aromatic carbocycles. The van der Waals surface area contributed by atoms with Crippen molar-refractivity contribution in [2.75, 3.05) is 31.9 Å². The van der Waals surface area contributed by atoms with Crippen molar-refractivity contribution in [1.82, 2.24) is 14.2 Å². The van der Waals surface area contributed by atoms with Crippen LogP contribution < -0.4 is 0 Å². The van der Waals surface area contributed by atoms with Gasteiger partial charge in [-0.1, -0.05) is 46.4 Å². The van der Waals surface area contributed by atoms with Crippen LogP contribution in [0.5, 0.6) is 0 Å². The summed E-state index contributed by atoms with van der Waals surface area (Å²) in [6, 6.07) is 6.41. The fourth-order valence-electron chi connectivity index (χ4n) is 6.35. The first-order chi connectivity index (χ1) is 17.9. The van der Waals surface area contributed by atoms with E-state index in [-0.39, 0.29) is 5.92 Å². The predicted molar refractivity (Wildman–Crippen MR) is 161 cm³/mol. The molecule has 0 bridgehead atoms. The van der Waals surface area contributed by atoms with E-state index in [9.17, 15) is 4.79 Å². The van der Waals surface area contributed by atoms with Crippen molar-refractivity contribution in [3.8, 4) is 0 Å². The second-order valence-electron chi connectivity index (χ2n) is 10.8. The molecular weight excluding hydrogens is 634 g/mol. The van der Waals surface area contributed by atoms with Crippen LogP contribution in [0.3, 0.4) is 0 Å². The highest BCUT2D eigenvalue weighted by atomic mass is 79.9. The molecule has 4 nitrogen and oxygen atoms in total. The number of nitrogens with zero attached hydrogens (tertiary/aromatic N) is 3. The zero-order valence-electron chi connectivity index (χ0n) is 21.5. The van der Waals surface area contributed by atoms with Crippen LogP contribution in [0.25, 0.3) is 0 Å². The average Bonchev–Trinajstić information content (AvgIpc) is 3.05. The van der Waals surface area contributed by atoms with Crippen molar-refractivity contribution in [1.29, 1.82) is 0 Å². The normalized spacial score (nSPS) is 21.4. The van der Waals surface area contributed by atoms with Crippen molar-refractivity contribution < 1.29 is 4.79 Å². The summed E-state index contributed by atoms with van der Waals surface area (Å²) >= 11 is 15.9.